The van der Waals surface area contributed by atoms with Gasteiger partial charge in [0.1, 0.15) is 0 Å². The second-order valence-corrected chi connectivity index (χ2v) is 7.63. The van der Waals surface area contributed by atoms with Crippen molar-refractivity contribution in [3.05, 3.63) is 36.2 Å². The Labute approximate surface area is 165 Å². The first-order valence-corrected chi connectivity index (χ1v) is 10.2. The number of morpholine rings is 1. The highest BCUT2D eigenvalue weighted by atomic mass is 16.5. The molecule has 2 saturated heterocycles. The molecule has 7 nitrogen and oxygen atoms in total. The van der Waals surface area contributed by atoms with Crippen molar-refractivity contribution in [3.63, 3.8) is 0 Å². The van der Waals surface area contributed by atoms with Crippen LogP contribution in [0.3, 0.4) is 0 Å². The maximum Gasteiger partial charge on any atom is 0.241 e. The minimum atomic E-state index is 0.282. The molecule has 0 bridgehead atoms. The Bertz CT molecular complexity index is 750. The molecule has 0 N–H and O–H groups in total. The minimum Gasteiger partial charge on any atom is -0.378 e. The first kappa shape index (κ1) is 19.1. The zero-order valence-corrected chi connectivity index (χ0v) is 16.3. The monoisotopic (exact) mass is 384 g/mol. The molecule has 0 atom stereocenters. The SMILES string of the molecule is O=C(CCC1CCN(Cc2nc(-c3ccccc3)no2)CC1)N1CCOCC1. The Morgan fingerprint density at radius 2 is 1.82 bits per heavy atom. The molecule has 2 aliphatic heterocycles. The number of likely N-dealkylation sites (tertiary alicyclic amines) is 1. The predicted octanol–water partition coefficient (Wildman–Crippen LogP) is 2.59. The van der Waals surface area contributed by atoms with E-state index < -0.39 is 0 Å². The summed E-state index contributed by atoms with van der Waals surface area (Å²) < 4.78 is 10.7. The van der Waals surface area contributed by atoms with E-state index in [0.717, 1.165) is 51.0 Å². The molecule has 0 spiro atoms. The zero-order valence-electron chi connectivity index (χ0n) is 16.3. The summed E-state index contributed by atoms with van der Waals surface area (Å²) in [6.45, 7) is 5.55. The van der Waals surface area contributed by atoms with Crippen molar-refractivity contribution in [1.82, 2.24) is 19.9 Å². The van der Waals surface area contributed by atoms with Crippen LogP contribution in [-0.4, -0.2) is 65.2 Å². The number of hydrogen-bond acceptors (Lipinski definition) is 6. The number of hydrogen-bond donors (Lipinski definition) is 0. The van der Waals surface area contributed by atoms with Crippen LogP contribution in [0, 0.1) is 5.92 Å². The standard InChI is InChI=1S/C21H28N4O3/c26-20(25-12-14-27-15-13-25)7-6-17-8-10-24(11-9-17)16-19-22-21(23-28-19)18-4-2-1-3-5-18/h1-5,17H,6-16H2. The summed E-state index contributed by atoms with van der Waals surface area (Å²) in [6.07, 6.45) is 3.89. The van der Waals surface area contributed by atoms with E-state index in [-0.39, 0.29) is 5.91 Å². The van der Waals surface area contributed by atoms with Gasteiger partial charge in [-0.3, -0.25) is 9.69 Å². The second-order valence-electron chi connectivity index (χ2n) is 7.63. The van der Waals surface area contributed by atoms with Gasteiger partial charge in [-0.1, -0.05) is 35.5 Å². The smallest absolute Gasteiger partial charge is 0.241 e. The third-order valence-electron chi connectivity index (χ3n) is 5.70. The first-order valence-electron chi connectivity index (χ1n) is 10.2. The van der Waals surface area contributed by atoms with Gasteiger partial charge in [0.05, 0.1) is 19.8 Å². The molecule has 150 valence electrons. The number of piperidine rings is 1. The average molecular weight is 384 g/mol. The van der Waals surface area contributed by atoms with Crippen molar-refractivity contribution in [2.45, 2.75) is 32.2 Å². The molecular weight excluding hydrogens is 356 g/mol. The molecule has 2 fully saturated rings. The largest absolute Gasteiger partial charge is 0.378 e. The minimum absolute atomic E-state index is 0.282. The van der Waals surface area contributed by atoms with Crippen LogP contribution in [0.15, 0.2) is 34.9 Å². The molecule has 0 aliphatic carbocycles. The highest BCUT2D eigenvalue weighted by molar-refractivity contribution is 5.76. The highest BCUT2D eigenvalue weighted by Gasteiger charge is 2.23. The molecule has 3 heterocycles. The van der Waals surface area contributed by atoms with Crippen LogP contribution in [0.25, 0.3) is 11.4 Å². The van der Waals surface area contributed by atoms with Gasteiger partial charge in [-0.25, -0.2) is 0 Å². The molecule has 0 saturated carbocycles. The Morgan fingerprint density at radius 1 is 1.07 bits per heavy atom. The lowest BCUT2D eigenvalue weighted by molar-refractivity contribution is -0.135. The van der Waals surface area contributed by atoms with Crippen molar-refractivity contribution in [1.29, 1.82) is 0 Å². The quantitative estimate of drug-likeness (QED) is 0.762. The molecular formula is C21H28N4O3. The number of carbonyl (C=O) groups excluding carboxylic acids is 1. The fourth-order valence-electron chi connectivity index (χ4n) is 3.95. The number of ether oxygens (including phenoxy) is 1. The topological polar surface area (TPSA) is 71.7 Å². The maximum absolute atomic E-state index is 12.3. The fraction of sp³-hybridized carbons (Fsp3) is 0.571. The highest BCUT2D eigenvalue weighted by Crippen LogP contribution is 2.24. The molecule has 4 rings (SSSR count). The van der Waals surface area contributed by atoms with Crippen LogP contribution in [0.1, 0.15) is 31.6 Å². The summed E-state index contributed by atoms with van der Waals surface area (Å²) in [4.78, 5) is 21.1. The number of amides is 1. The summed E-state index contributed by atoms with van der Waals surface area (Å²) >= 11 is 0. The first-order chi connectivity index (χ1) is 13.8. The summed E-state index contributed by atoms with van der Waals surface area (Å²) in [6, 6.07) is 9.89. The lowest BCUT2D eigenvalue weighted by atomic mass is 9.92. The van der Waals surface area contributed by atoms with Crippen LogP contribution in [0.2, 0.25) is 0 Å². The molecule has 1 aromatic heterocycles. The van der Waals surface area contributed by atoms with Gasteiger partial charge in [0, 0.05) is 25.1 Å². The number of rotatable bonds is 6. The van der Waals surface area contributed by atoms with Gasteiger partial charge in [0.2, 0.25) is 17.6 Å². The van der Waals surface area contributed by atoms with Gasteiger partial charge >= 0.3 is 0 Å². The van der Waals surface area contributed by atoms with E-state index >= 15 is 0 Å². The third kappa shape index (κ3) is 4.97. The summed E-state index contributed by atoms with van der Waals surface area (Å²) in [5, 5.41) is 4.10. The van der Waals surface area contributed by atoms with Crippen LogP contribution < -0.4 is 0 Å². The van der Waals surface area contributed by atoms with Gasteiger partial charge in [-0.15, -0.1) is 0 Å². The number of aromatic nitrogens is 2. The second kappa shape index (κ2) is 9.30. The van der Waals surface area contributed by atoms with Crippen LogP contribution in [-0.2, 0) is 16.1 Å². The van der Waals surface area contributed by atoms with Gasteiger partial charge in [0.15, 0.2) is 0 Å². The normalized spacial score (nSPS) is 19.1. The molecule has 1 aromatic carbocycles. The van der Waals surface area contributed by atoms with Crippen molar-refractivity contribution in [3.8, 4) is 11.4 Å². The van der Waals surface area contributed by atoms with E-state index in [4.69, 9.17) is 9.26 Å². The fourth-order valence-corrected chi connectivity index (χ4v) is 3.95. The molecule has 0 radical (unpaired) electrons. The molecule has 2 aromatic rings. The third-order valence-corrected chi connectivity index (χ3v) is 5.70. The van der Waals surface area contributed by atoms with Crippen LogP contribution in [0.4, 0.5) is 0 Å². The van der Waals surface area contributed by atoms with Crippen molar-refractivity contribution < 1.29 is 14.1 Å². The predicted molar refractivity (Wildman–Crippen MR) is 104 cm³/mol. The van der Waals surface area contributed by atoms with Crippen LogP contribution in [0.5, 0.6) is 0 Å². The van der Waals surface area contributed by atoms with E-state index in [9.17, 15) is 4.79 Å². The Hall–Kier alpha value is -2.25. The van der Waals surface area contributed by atoms with Gasteiger partial charge in [0.25, 0.3) is 0 Å². The lowest BCUT2D eigenvalue weighted by Crippen LogP contribution is -2.41. The van der Waals surface area contributed by atoms with E-state index in [1.807, 2.05) is 35.2 Å². The molecule has 2 aliphatic rings. The maximum atomic E-state index is 12.3. The van der Waals surface area contributed by atoms with Gasteiger partial charge in [-0.05, 0) is 38.3 Å². The molecule has 0 unspecified atom stereocenters. The average Bonchev–Trinajstić information content (AvgIpc) is 3.23. The summed E-state index contributed by atoms with van der Waals surface area (Å²) in [5.41, 5.74) is 0.973. The van der Waals surface area contributed by atoms with E-state index in [1.54, 1.807) is 0 Å². The van der Waals surface area contributed by atoms with Crippen molar-refractivity contribution >= 4 is 5.91 Å². The molecule has 1 amide bonds. The van der Waals surface area contributed by atoms with E-state index in [1.165, 1.54) is 0 Å². The Balaban J connectivity index is 1.19. The van der Waals surface area contributed by atoms with Crippen molar-refractivity contribution in [2.75, 3.05) is 39.4 Å². The van der Waals surface area contributed by atoms with Crippen molar-refractivity contribution in [2.24, 2.45) is 5.92 Å². The summed E-state index contributed by atoms with van der Waals surface area (Å²) in [7, 11) is 0. The van der Waals surface area contributed by atoms with Crippen LogP contribution >= 0.6 is 0 Å². The zero-order chi connectivity index (χ0) is 19.2. The molecule has 7 heteroatoms. The number of nitrogens with zero attached hydrogens (tertiary/aromatic N) is 4. The Morgan fingerprint density at radius 3 is 2.57 bits per heavy atom. The number of benzene rings is 1. The Kier molecular flexibility index (Phi) is 6.34. The van der Waals surface area contributed by atoms with Gasteiger partial charge < -0.3 is 14.2 Å². The van der Waals surface area contributed by atoms with E-state index in [2.05, 4.69) is 15.0 Å². The lowest BCUT2D eigenvalue weighted by Gasteiger charge is -2.32. The van der Waals surface area contributed by atoms with E-state index in [0.29, 0.717) is 43.8 Å². The van der Waals surface area contributed by atoms with Gasteiger partial charge in [-0.2, -0.15) is 4.98 Å². The summed E-state index contributed by atoms with van der Waals surface area (Å²) in [5.74, 6) is 2.22. The number of carbonyl (C=O) groups is 1. The molecule has 28 heavy (non-hydrogen) atoms.